The summed E-state index contributed by atoms with van der Waals surface area (Å²) in [5.41, 5.74) is 3.49. The molecule has 1 N–H and O–H groups in total. The van der Waals surface area contributed by atoms with Gasteiger partial charge in [0, 0.05) is 23.9 Å². The minimum Gasteiger partial charge on any atom is -0.497 e. The van der Waals surface area contributed by atoms with Crippen LogP contribution in [-0.4, -0.2) is 24.1 Å². The molecule has 0 saturated carbocycles. The van der Waals surface area contributed by atoms with E-state index in [1.807, 2.05) is 26.0 Å². The Morgan fingerprint density at radius 2 is 1.90 bits per heavy atom. The summed E-state index contributed by atoms with van der Waals surface area (Å²) in [6.07, 6.45) is 0. The van der Waals surface area contributed by atoms with Crippen LogP contribution in [0.2, 0.25) is 0 Å². The molecular formula is C17H20N2O2. The van der Waals surface area contributed by atoms with Gasteiger partial charge in [-0.2, -0.15) is 0 Å². The predicted molar refractivity (Wildman–Crippen MR) is 81.7 cm³/mol. The highest BCUT2D eigenvalue weighted by Gasteiger charge is 2.28. The third kappa shape index (κ3) is 2.31. The number of nitrogens with zero attached hydrogens (tertiary/aromatic N) is 1. The molecule has 2 heterocycles. The number of methoxy groups -OCH3 is 1. The number of ether oxygens (including phenoxy) is 1. The topological polar surface area (TPSA) is 43.3 Å². The molecule has 0 spiro atoms. The minimum absolute atomic E-state index is 0.0755. The number of amides is 1. The number of carbonyl (C=O) groups is 1. The molecule has 0 saturated heterocycles. The van der Waals surface area contributed by atoms with Crippen molar-refractivity contribution in [1.29, 1.82) is 0 Å². The fourth-order valence-electron chi connectivity index (χ4n) is 3.08. The molecule has 0 fully saturated rings. The minimum atomic E-state index is -0.168. The van der Waals surface area contributed by atoms with Gasteiger partial charge in [-0.3, -0.25) is 4.79 Å². The lowest BCUT2D eigenvalue weighted by Crippen LogP contribution is -2.30. The SMILES string of the molecule is COc1ccc(C2CNC(=O)C(C)n3c(C)ccc32)cc1. The van der Waals surface area contributed by atoms with Crippen LogP contribution in [0.15, 0.2) is 36.4 Å². The zero-order chi connectivity index (χ0) is 15.0. The summed E-state index contributed by atoms with van der Waals surface area (Å²) in [6.45, 7) is 4.62. The maximum Gasteiger partial charge on any atom is 0.242 e. The average molecular weight is 284 g/mol. The Hall–Kier alpha value is -2.23. The van der Waals surface area contributed by atoms with Crippen LogP contribution in [0.3, 0.4) is 0 Å². The Labute approximate surface area is 124 Å². The van der Waals surface area contributed by atoms with Gasteiger partial charge >= 0.3 is 0 Å². The van der Waals surface area contributed by atoms with Gasteiger partial charge in [0.25, 0.3) is 0 Å². The van der Waals surface area contributed by atoms with Crippen LogP contribution in [0.25, 0.3) is 0 Å². The van der Waals surface area contributed by atoms with Crippen molar-refractivity contribution in [2.75, 3.05) is 13.7 Å². The van der Waals surface area contributed by atoms with E-state index in [-0.39, 0.29) is 17.9 Å². The number of aryl methyl sites for hydroxylation is 1. The van der Waals surface area contributed by atoms with Gasteiger partial charge in [-0.1, -0.05) is 12.1 Å². The van der Waals surface area contributed by atoms with Crippen LogP contribution in [-0.2, 0) is 4.79 Å². The Bertz CT molecular complexity index is 658. The molecule has 0 aliphatic carbocycles. The van der Waals surface area contributed by atoms with Crippen molar-refractivity contribution in [3.05, 3.63) is 53.3 Å². The fraction of sp³-hybridized carbons (Fsp3) is 0.353. The Morgan fingerprint density at radius 1 is 1.19 bits per heavy atom. The van der Waals surface area contributed by atoms with E-state index in [4.69, 9.17) is 4.74 Å². The number of fused-ring (bicyclic) bond motifs is 1. The zero-order valence-corrected chi connectivity index (χ0v) is 12.6. The lowest BCUT2D eigenvalue weighted by molar-refractivity contribution is -0.123. The van der Waals surface area contributed by atoms with Gasteiger partial charge in [0.15, 0.2) is 0 Å². The predicted octanol–water partition coefficient (Wildman–Crippen LogP) is 2.63. The number of aromatic nitrogens is 1. The quantitative estimate of drug-likeness (QED) is 0.921. The molecule has 0 bridgehead atoms. The van der Waals surface area contributed by atoms with Crippen molar-refractivity contribution in [1.82, 2.24) is 9.88 Å². The number of hydrogen-bond acceptors (Lipinski definition) is 2. The number of nitrogens with one attached hydrogen (secondary N) is 1. The van der Waals surface area contributed by atoms with Crippen molar-refractivity contribution in [2.24, 2.45) is 0 Å². The van der Waals surface area contributed by atoms with Crippen LogP contribution in [0.5, 0.6) is 5.75 Å². The van der Waals surface area contributed by atoms with Gasteiger partial charge in [-0.15, -0.1) is 0 Å². The summed E-state index contributed by atoms with van der Waals surface area (Å²) in [7, 11) is 1.66. The molecule has 1 amide bonds. The van der Waals surface area contributed by atoms with Crippen molar-refractivity contribution in [2.45, 2.75) is 25.8 Å². The lowest BCUT2D eigenvalue weighted by Gasteiger charge is -2.18. The van der Waals surface area contributed by atoms with Crippen molar-refractivity contribution < 1.29 is 9.53 Å². The molecule has 21 heavy (non-hydrogen) atoms. The van der Waals surface area contributed by atoms with Gasteiger partial charge in [0.1, 0.15) is 11.8 Å². The third-order valence-electron chi connectivity index (χ3n) is 4.28. The number of rotatable bonds is 2. The van der Waals surface area contributed by atoms with Gasteiger partial charge < -0.3 is 14.6 Å². The number of benzene rings is 1. The van der Waals surface area contributed by atoms with E-state index in [2.05, 4.69) is 34.1 Å². The van der Waals surface area contributed by atoms with Gasteiger partial charge in [-0.05, 0) is 43.7 Å². The summed E-state index contributed by atoms with van der Waals surface area (Å²) >= 11 is 0. The van der Waals surface area contributed by atoms with E-state index >= 15 is 0 Å². The highest BCUT2D eigenvalue weighted by Crippen LogP contribution is 2.31. The Balaban J connectivity index is 2.05. The molecule has 3 rings (SSSR count). The van der Waals surface area contributed by atoms with Crippen molar-refractivity contribution in [3.63, 3.8) is 0 Å². The van der Waals surface area contributed by atoms with E-state index in [0.717, 1.165) is 11.4 Å². The molecule has 2 aromatic rings. The second-order valence-electron chi connectivity index (χ2n) is 5.52. The van der Waals surface area contributed by atoms with Gasteiger partial charge in [0.05, 0.1) is 7.11 Å². The summed E-state index contributed by atoms with van der Waals surface area (Å²) in [5, 5.41) is 3.04. The van der Waals surface area contributed by atoms with Gasteiger partial charge in [0.2, 0.25) is 5.91 Å². The van der Waals surface area contributed by atoms with Crippen LogP contribution < -0.4 is 10.1 Å². The van der Waals surface area contributed by atoms with E-state index < -0.39 is 0 Å². The molecule has 2 unspecified atom stereocenters. The summed E-state index contributed by atoms with van der Waals surface area (Å²) in [4.78, 5) is 12.2. The van der Waals surface area contributed by atoms with E-state index in [9.17, 15) is 4.79 Å². The first-order valence-corrected chi connectivity index (χ1v) is 7.21. The van der Waals surface area contributed by atoms with Crippen LogP contribution in [0.4, 0.5) is 0 Å². The summed E-state index contributed by atoms with van der Waals surface area (Å²) in [5.74, 6) is 1.08. The van der Waals surface area contributed by atoms with Crippen LogP contribution in [0, 0.1) is 6.92 Å². The highest BCUT2D eigenvalue weighted by atomic mass is 16.5. The maximum absolute atomic E-state index is 12.2. The van der Waals surface area contributed by atoms with Crippen LogP contribution >= 0.6 is 0 Å². The first-order chi connectivity index (χ1) is 10.1. The molecule has 4 nitrogen and oxygen atoms in total. The standard InChI is InChI=1S/C17H20N2O2/c1-11-4-9-16-15(10-18-17(20)12(2)19(11)16)13-5-7-14(21-3)8-6-13/h4-9,12,15H,10H2,1-3H3,(H,18,20). The van der Waals surface area contributed by atoms with Gasteiger partial charge in [-0.25, -0.2) is 0 Å². The summed E-state index contributed by atoms with van der Waals surface area (Å²) < 4.78 is 7.35. The highest BCUT2D eigenvalue weighted by molar-refractivity contribution is 5.80. The molecule has 1 aliphatic rings. The Morgan fingerprint density at radius 3 is 2.57 bits per heavy atom. The first kappa shape index (κ1) is 13.7. The third-order valence-corrected chi connectivity index (χ3v) is 4.28. The molecule has 110 valence electrons. The molecular weight excluding hydrogens is 264 g/mol. The van der Waals surface area contributed by atoms with E-state index in [1.165, 1.54) is 11.3 Å². The second-order valence-corrected chi connectivity index (χ2v) is 5.52. The molecule has 1 aromatic carbocycles. The second kappa shape index (κ2) is 5.28. The average Bonchev–Trinajstić information content (AvgIpc) is 2.83. The van der Waals surface area contributed by atoms with E-state index in [1.54, 1.807) is 7.11 Å². The molecule has 2 atom stereocenters. The summed E-state index contributed by atoms with van der Waals surface area (Å²) in [6, 6.07) is 12.1. The van der Waals surface area contributed by atoms with E-state index in [0.29, 0.717) is 6.54 Å². The zero-order valence-electron chi connectivity index (χ0n) is 12.6. The molecule has 4 heteroatoms. The molecule has 0 radical (unpaired) electrons. The van der Waals surface area contributed by atoms with Crippen LogP contribution in [0.1, 0.15) is 35.8 Å². The molecule has 1 aliphatic heterocycles. The number of carbonyl (C=O) groups excluding carboxylic acids is 1. The number of hydrogen-bond donors (Lipinski definition) is 1. The van der Waals surface area contributed by atoms with Crippen molar-refractivity contribution >= 4 is 5.91 Å². The maximum atomic E-state index is 12.2. The fourth-order valence-corrected chi connectivity index (χ4v) is 3.08. The van der Waals surface area contributed by atoms with Crippen molar-refractivity contribution in [3.8, 4) is 5.75 Å². The smallest absolute Gasteiger partial charge is 0.242 e. The molecule has 1 aromatic heterocycles. The normalized spacial score (nSPS) is 21.4. The first-order valence-electron chi connectivity index (χ1n) is 7.21. The monoisotopic (exact) mass is 284 g/mol. The lowest BCUT2D eigenvalue weighted by atomic mass is 9.95. The Kier molecular flexibility index (Phi) is 3.45. The largest absolute Gasteiger partial charge is 0.497 e.